The first-order valence-electron chi connectivity index (χ1n) is 7.33. The van der Waals surface area contributed by atoms with Gasteiger partial charge in [-0.25, -0.2) is 9.40 Å². The lowest BCUT2D eigenvalue weighted by Crippen LogP contribution is -2.50. The van der Waals surface area contributed by atoms with E-state index in [1.54, 1.807) is 17.1 Å². The number of carbonyl (C=O) groups is 1. The zero-order valence-corrected chi connectivity index (χ0v) is 13.5. The number of fused-ring (bicyclic) bond motifs is 2. The lowest BCUT2D eigenvalue weighted by Gasteiger charge is -2.33. The molecule has 1 N–H and O–H groups in total. The topological polar surface area (TPSA) is 57.1 Å². The van der Waals surface area contributed by atoms with E-state index in [4.69, 9.17) is 0 Å². The van der Waals surface area contributed by atoms with Crippen LogP contribution in [0.15, 0.2) is 58.6 Å². The van der Waals surface area contributed by atoms with Crippen LogP contribution < -0.4 is 15.9 Å². The summed E-state index contributed by atoms with van der Waals surface area (Å²) < 4.78 is 13.7. The summed E-state index contributed by atoms with van der Waals surface area (Å²) in [6, 6.07) is 13.6. The molecule has 2 aliphatic rings. The lowest BCUT2D eigenvalue weighted by molar-refractivity contribution is -0.116. The molecule has 120 valence electrons. The van der Waals surface area contributed by atoms with Crippen LogP contribution >= 0.6 is 11.8 Å². The summed E-state index contributed by atoms with van der Waals surface area (Å²) in [5.74, 6) is -0.586. The largest absolute Gasteiger partial charge is 0.298 e. The third-order valence-electron chi connectivity index (χ3n) is 3.86. The van der Waals surface area contributed by atoms with Gasteiger partial charge in [0.25, 0.3) is 5.91 Å². The van der Waals surface area contributed by atoms with Crippen LogP contribution in [0.2, 0.25) is 0 Å². The molecule has 0 aliphatic carbocycles. The molecule has 2 aromatic carbocycles. The normalized spacial score (nSPS) is 19.0. The van der Waals surface area contributed by atoms with E-state index in [0.29, 0.717) is 27.0 Å². The minimum Gasteiger partial charge on any atom is -0.298 e. The first kappa shape index (κ1) is 14.9. The smallest absolute Gasteiger partial charge is 0.276 e. The number of hydrogen-bond acceptors (Lipinski definition) is 5. The van der Waals surface area contributed by atoms with E-state index in [1.165, 1.54) is 23.9 Å². The molecule has 7 heteroatoms. The van der Waals surface area contributed by atoms with E-state index in [2.05, 4.69) is 15.4 Å². The second-order valence-corrected chi connectivity index (χ2v) is 6.13. The minimum atomic E-state index is -0.584. The van der Waals surface area contributed by atoms with Gasteiger partial charge in [-0.1, -0.05) is 42.1 Å². The number of halogens is 1. The molecule has 24 heavy (non-hydrogen) atoms. The molecule has 0 fully saturated rings. The molecule has 0 saturated carbocycles. The average Bonchev–Trinajstić information content (AvgIpc) is 2.60. The zero-order valence-electron chi connectivity index (χ0n) is 12.7. The standard InChI is InChI=1S/C17H13FN4OS/c1-24-17-20-16(23)14-12-7-2-3-8-13(12)19-15(22(14)21-17)10-5-4-6-11(18)9-10/h2-9,15H,1H3,(H,20,21,23)/t15-/m0/s1. The molecule has 0 unspecified atom stereocenters. The van der Waals surface area contributed by atoms with Crippen molar-refractivity contribution in [2.45, 2.75) is 6.17 Å². The van der Waals surface area contributed by atoms with Crippen molar-refractivity contribution in [3.05, 3.63) is 70.5 Å². The highest BCUT2D eigenvalue weighted by molar-refractivity contribution is 8.13. The van der Waals surface area contributed by atoms with E-state index in [9.17, 15) is 9.18 Å². The fourth-order valence-corrected chi connectivity index (χ4v) is 3.17. The van der Waals surface area contributed by atoms with E-state index >= 15 is 0 Å². The molecule has 1 atom stereocenters. The highest BCUT2D eigenvalue weighted by Gasteiger charge is 2.34. The maximum absolute atomic E-state index is 13.7. The van der Waals surface area contributed by atoms with Crippen molar-refractivity contribution in [3.8, 4) is 0 Å². The Morgan fingerprint density at radius 1 is 1.21 bits per heavy atom. The van der Waals surface area contributed by atoms with Crippen molar-refractivity contribution in [2.75, 3.05) is 6.26 Å². The number of benzene rings is 2. The van der Waals surface area contributed by atoms with Gasteiger partial charge >= 0.3 is 0 Å². The first-order chi connectivity index (χ1) is 11.7. The average molecular weight is 340 g/mol. The Morgan fingerprint density at radius 2 is 2.04 bits per heavy atom. The summed E-state index contributed by atoms with van der Waals surface area (Å²) in [4.78, 5) is 17.3. The van der Waals surface area contributed by atoms with Crippen LogP contribution in [-0.4, -0.2) is 22.3 Å². The number of amidine groups is 1. The fourth-order valence-electron chi connectivity index (χ4n) is 2.80. The SMILES string of the molecule is CSC1=NN2C(=c3ccccc3=N[C@@H]2c2cccc(F)c2)C(=O)N1. The van der Waals surface area contributed by atoms with Gasteiger partial charge < -0.3 is 0 Å². The van der Waals surface area contributed by atoms with Gasteiger partial charge in [0.2, 0.25) is 0 Å². The summed E-state index contributed by atoms with van der Waals surface area (Å²) in [6.07, 6.45) is 1.25. The quantitative estimate of drug-likeness (QED) is 0.852. The molecular weight excluding hydrogens is 327 g/mol. The molecule has 2 aromatic rings. The number of thioether (sulfide) groups is 1. The summed E-state index contributed by atoms with van der Waals surface area (Å²) in [5, 5.41) is 10.7. The van der Waals surface area contributed by atoms with E-state index in [0.717, 1.165) is 0 Å². The number of carbonyl (C=O) groups excluding carboxylic acids is 1. The third-order valence-corrected chi connectivity index (χ3v) is 4.43. The number of rotatable bonds is 1. The monoisotopic (exact) mass is 340 g/mol. The second kappa shape index (κ2) is 5.76. The Bertz CT molecular complexity index is 988. The van der Waals surface area contributed by atoms with Crippen LogP contribution in [0.5, 0.6) is 0 Å². The van der Waals surface area contributed by atoms with Gasteiger partial charge in [-0.3, -0.25) is 15.1 Å². The molecule has 5 nitrogen and oxygen atoms in total. The Hall–Kier alpha value is -2.67. The van der Waals surface area contributed by atoms with E-state index in [-0.39, 0.29) is 11.7 Å². The highest BCUT2D eigenvalue weighted by Crippen LogP contribution is 2.30. The number of nitrogens with zero attached hydrogens (tertiary/aromatic N) is 3. The summed E-state index contributed by atoms with van der Waals surface area (Å²) in [7, 11) is 0. The maximum Gasteiger partial charge on any atom is 0.276 e. The van der Waals surface area contributed by atoms with Gasteiger partial charge in [-0.2, -0.15) is 0 Å². The predicted octanol–water partition coefficient (Wildman–Crippen LogP) is 1.33. The molecule has 2 heterocycles. The number of para-hydroxylation sites is 1. The van der Waals surface area contributed by atoms with Gasteiger partial charge in [0.05, 0.1) is 5.36 Å². The Balaban J connectivity index is 1.99. The van der Waals surface area contributed by atoms with Crippen LogP contribution in [0.25, 0.3) is 5.70 Å². The van der Waals surface area contributed by atoms with Crippen molar-refractivity contribution in [1.82, 2.24) is 10.3 Å². The summed E-state index contributed by atoms with van der Waals surface area (Å²) >= 11 is 1.33. The first-order valence-corrected chi connectivity index (χ1v) is 8.55. The van der Waals surface area contributed by atoms with Gasteiger partial charge in [0.1, 0.15) is 11.5 Å². The van der Waals surface area contributed by atoms with Crippen LogP contribution in [0.1, 0.15) is 11.7 Å². The molecule has 0 bridgehead atoms. The molecule has 4 rings (SSSR count). The van der Waals surface area contributed by atoms with E-state index in [1.807, 2.05) is 30.5 Å². The maximum atomic E-state index is 13.7. The second-order valence-electron chi connectivity index (χ2n) is 5.33. The Labute approximate surface area is 141 Å². The Kier molecular flexibility index (Phi) is 3.57. The van der Waals surface area contributed by atoms with Crippen LogP contribution in [-0.2, 0) is 4.79 Å². The molecule has 0 saturated heterocycles. The van der Waals surface area contributed by atoms with Gasteiger partial charge in [0.15, 0.2) is 11.3 Å². The number of nitrogens with one attached hydrogen (secondary N) is 1. The van der Waals surface area contributed by atoms with Crippen molar-refractivity contribution in [1.29, 1.82) is 0 Å². The van der Waals surface area contributed by atoms with Crippen molar-refractivity contribution >= 4 is 28.5 Å². The Morgan fingerprint density at radius 3 is 2.83 bits per heavy atom. The number of hydrazone groups is 1. The van der Waals surface area contributed by atoms with Crippen LogP contribution in [0.3, 0.4) is 0 Å². The molecule has 0 aromatic heterocycles. The van der Waals surface area contributed by atoms with Gasteiger partial charge in [-0.05, 0) is 24.5 Å². The summed E-state index contributed by atoms with van der Waals surface area (Å²) in [6.45, 7) is 0. The van der Waals surface area contributed by atoms with Crippen molar-refractivity contribution in [2.24, 2.45) is 10.1 Å². The van der Waals surface area contributed by atoms with Gasteiger partial charge in [-0.15, -0.1) is 5.10 Å². The third kappa shape index (κ3) is 2.37. The van der Waals surface area contributed by atoms with Crippen LogP contribution in [0.4, 0.5) is 4.39 Å². The fraction of sp³-hybridized carbons (Fsp3) is 0.118. The highest BCUT2D eigenvalue weighted by atomic mass is 32.2. The van der Waals surface area contributed by atoms with E-state index < -0.39 is 6.17 Å². The zero-order chi connectivity index (χ0) is 16.7. The molecule has 0 radical (unpaired) electrons. The number of amides is 1. The number of hydrogen-bond donors (Lipinski definition) is 1. The molecule has 2 aliphatic heterocycles. The molecule has 0 spiro atoms. The van der Waals surface area contributed by atoms with Crippen molar-refractivity contribution < 1.29 is 9.18 Å². The van der Waals surface area contributed by atoms with Gasteiger partial charge in [0, 0.05) is 10.8 Å². The lowest BCUT2D eigenvalue weighted by atomic mass is 10.1. The predicted molar refractivity (Wildman–Crippen MR) is 90.7 cm³/mol. The van der Waals surface area contributed by atoms with Crippen LogP contribution in [0, 0.1) is 5.82 Å². The molecular formula is C17H13FN4OS. The minimum absolute atomic E-state index is 0.238. The molecule has 1 amide bonds. The summed E-state index contributed by atoms with van der Waals surface area (Å²) in [5.41, 5.74) is 1.06. The van der Waals surface area contributed by atoms with Crippen molar-refractivity contribution in [3.63, 3.8) is 0 Å².